The van der Waals surface area contributed by atoms with Gasteiger partial charge in [0.1, 0.15) is 11.3 Å². The SMILES string of the molecule is O=c1c2cc(O)ccc2oc2c(O)c(O)ccc12. The summed E-state index contributed by atoms with van der Waals surface area (Å²) in [5.74, 6) is -0.875. The van der Waals surface area contributed by atoms with Crippen LogP contribution in [0.25, 0.3) is 21.9 Å². The van der Waals surface area contributed by atoms with Crippen molar-refractivity contribution in [1.29, 1.82) is 0 Å². The zero-order valence-electron chi connectivity index (χ0n) is 9.04. The summed E-state index contributed by atoms with van der Waals surface area (Å²) in [5.41, 5.74) is -0.221. The summed E-state index contributed by atoms with van der Waals surface area (Å²) in [6.45, 7) is 0. The molecule has 0 aliphatic heterocycles. The van der Waals surface area contributed by atoms with Gasteiger partial charge in [0.25, 0.3) is 0 Å². The molecule has 0 saturated carbocycles. The Balaban J connectivity index is 2.61. The second-order valence-electron chi connectivity index (χ2n) is 3.92. The molecule has 5 heteroatoms. The van der Waals surface area contributed by atoms with E-state index in [2.05, 4.69) is 0 Å². The molecule has 0 radical (unpaired) electrons. The summed E-state index contributed by atoms with van der Waals surface area (Å²) < 4.78 is 5.37. The largest absolute Gasteiger partial charge is 0.508 e. The van der Waals surface area contributed by atoms with Crippen LogP contribution in [0, 0.1) is 0 Å². The fourth-order valence-electron chi connectivity index (χ4n) is 1.88. The van der Waals surface area contributed by atoms with E-state index in [-0.39, 0.29) is 38.9 Å². The lowest BCUT2D eigenvalue weighted by Gasteiger charge is -2.04. The van der Waals surface area contributed by atoms with Gasteiger partial charge in [0.05, 0.1) is 10.8 Å². The number of phenolic OH excluding ortho intramolecular Hbond substituents is 3. The fraction of sp³-hybridized carbons (Fsp3) is 0. The minimum atomic E-state index is -0.473. The Morgan fingerprint density at radius 3 is 2.50 bits per heavy atom. The third-order valence-corrected chi connectivity index (χ3v) is 2.77. The Kier molecular flexibility index (Phi) is 1.98. The predicted molar refractivity (Wildman–Crippen MR) is 65.0 cm³/mol. The first-order valence-electron chi connectivity index (χ1n) is 5.18. The molecule has 0 aliphatic rings. The first kappa shape index (κ1) is 10.5. The molecule has 0 unspecified atom stereocenters. The predicted octanol–water partition coefficient (Wildman–Crippen LogP) is 2.06. The number of hydrogen-bond donors (Lipinski definition) is 3. The molecule has 18 heavy (non-hydrogen) atoms. The van der Waals surface area contributed by atoms with Crippen LogP contribution in [-0.2, 0) is 0 Å². The molecule has 3 aromatic rings. The lowest BCUT2D eigenvalue weighted by Crippen LogP contribution is -2.01. The van der Waals surface area contributed by atoms with Crippen LogP contribution >= 0.6 is 0 Å². The Morgan fingerprint density at radius 2 is 1.72 bits per heavy atom. The van der Waals surface area contributed by atoms with Crippen molar-refractivity contribution < 1.29 is 19.7 Å². The Bertz CT molecular complexity index is 832. The molecule has 0 fully saturated rings. The van der Waals surface area contributed by atoms with Gasteiger partial charge >= 0.3 is 0 Å². The minimum Gasteiger partial charge on any atom is -0.508 e. The quantitative estimate of drug-likeness (QED) is 0.416. The number of fused-ring (bicyclic) bond motifs is 2. The van der Waals surface area contributed by atoms with Gasteiger partial charge in [-0.1, -0.05) is 0 Å². The molecule has 0 atom stereocenters. The number of benzene rings is 2. The van der Waals surface area contributed by atoms with Crippen molar-refractivity contribution in [3.8, 4) is 17.2 Å². The van der Waals surface area contributed by atoms with Crippen LogP contribution in [0.1, 0.15) is 0 Å². The van der Waals surface area contributed by atoms with E-state index in [1.165, 1.54) is 30.3 Å². The van der Waals surface area contributed by atoms with Crippen LogP contribution in [0.15, 0.2) is 39.5 Å². The highest BCUT2D eigenvalue weighted by molar-refractivity contribution is 5.93. The Hall–Kier alpha value is -2.69. The van der Waals surface area contributed by atoms with Crippen LogP contribution in [0.3, 0.4) is 0 Å². The van der Waals surface area contributed by atoms with Crippen molar-refractivity contribution in [3.63, 3.8) is 0 Å². The number of rotatable bonds is 0. The summed E-state index contributed by atoms with van der Waals surface area (Å²) in [7, 11) is 0. The molecular formula is C13H8O5. The first-order valence-corrected chi connectivity index (χ1v) is 5.18. The third kappa shape index (κ3) is 1.31. The normalized spacial score (nSPS) is 11.1. The standard InChI is InChI=1S/C13H8O5/c14-6-1-4-10-8(5-6)11(16)7-2-3-9(15)12(17)13(7)18-10/h1-5,14-15,17H. The van der Waals surface area contributed by atoms with E-state index in [0.29, 0.717) is 0 Å². The zero-order valence-corrected chi connectivity index (χ0v) is 9.04. The van der Waals surface area contributed by atoms with Crippen molar-refractivity contribution in [3.05, 3.63) is 40.6 Å². The van der Waals surface area contributed by atoms with Crippen molar-refractivity contribution in [2.45, 2.75) is 0 Å². The van der Waals surface area contributed by atoms with Gasteiger partial charge in [-0.25, -0.2) is 0 Å². The molecular weight excluding hydrogens is 236 g/mol. The lowest BCUT2D eigenvalue weighted by atomic mass is 10.1. The molecule has 1 heterocycles. The van der Waals surface area contributed by atoms with E-state index >= 15 is 0 Å². The molecule has 0 spiro atoms. The fourth-order valence-corrected chi connectivity index (χ4v) is 1.88. The molecule has 2 aromatic carbocycles. The molecule has 3 rings (SSSR count). The van der Waals surface area contributed by atoms with Crippen molar-refractivity contribution in [2.24, 2.45) is 0 Å². The number of phenols is 3. The van der Waals surface area contributed by atoms with E-state index in [1.54, 1.807) is 0 Å². The summed E-state index contributed by atoms with van der Waals surface area (Å²) in [4.78, 5) is 12.1. The zero-order chi connectivity index (χ0) is 12.9. The van der Waals surface area contributed by atoms with Gasteiger partial charge in [-0.05, 0) is 30.3 Å². The van der Waals surface area contributed by atoms with Crippen LogP contribution in [0.2, 0.25) is 0 Å². The highest BCUT2D eigenvalue weighted by Gasteiger charge is 2.13. The first-order chi connectivity index (χ1) is 8.58. The van der Waals surface area contributed by atoms with Gasteiger partial charge in [0, 0.05) is 0 Å². The van der Waals surface area contributed by atoms with E-state index in [9.17, 15) is 20.1 Å². The van der Waals surface area contributed by atoms with Crippen LogP contribution in [0.4, 0.5) is 0 Å². The average Bonchev–Trinajstić information content (AvgIpc) is 2.36. The maximum atomic E-state index is 12.1. The monoisotopic (exact) mass is 244 g/mol. The van der Waals surface area contributed by atoms with Crippen molar-refractivity contribution in [2.75, 3.05) is 0 Å². The van der Waals surface area contributed by atoms with Gasteiger partial charge in [-0.3, -0.25) is 4.79 Å². The van der Waals surface area contributed by atoms with E-state index in [0.717, 1.165) is 0 Å². The summed E-state index contributed by atoms with van der Waals surface area (Å²) >= 11 is 0. The highest BCUT2D eigenvalue weighted by atomic mass is 16.4. The Morgan fingerprint density at radius 1 is 0.944 bits per heavy atom. The summed E-state index contributed by atoms with van der Waals surface area (Å²) in [6.07, 6.45) is 0. The van der Waals surface area contributed by atoms with Crippen LogP contribution in [0.5, 0.6) is 17.2 Å². The molecule has 3 N–H and O–H groups in total. The Labute approximate surface area is 100 Å². The van der Waals surface area contributed by atoms with Crippen LogP contribution < -0.4 is 5.43 Å². The lowest BCUT2D eigenvalue weighted by molar-refractivity contribution is 0.401. The summed E-state index contributed by atoms with van der Waals surface area (Å²) in [6, 6.07) is 6.67. The van der Waals surface area contributed by atoms with Gasteiger partial charge < -0.3 is 19.7 Å². The molecule has 0 saturated heterocycles. The van der Waals surface area contributed by atoms with Gasteiger partial charge in [0.15, 0.2) is 11.3 Å². The molecule has 1 aromatic heterocycles. The van der Waals surface area contributed by atoms with Crippen molar-refractivity contribution in [1.82, 2.24) is 0 Å². The number of hydrogen-bond acceptors (Lipinski definition) is 5. The van der Waals surface area contributed by atoms with E-state index in [4.69, 9.17) is 4.42 Å². The molecule has 0 bridgehead atoms. The third-order valence-electron chi connectivity index (χ3n) is 2.77. The average molecular weight is 244 g/mol. The maximum Gasteiger partial charge on any atom is 0.201 e. The molecule has 90 valence electrons. The van der Waals surface area contributed by atoms with Gasteiger partial charge in [-0.15, -0.1) is 0 Å². The second kappa shape index (κ2) is 3.40. The van der Waals surface area contributed by atoms with Gasteiger partial charge in [0.2, 0.25) is 11.2 Å². The van der Waals surface area contributed by atoms with E-state index in [1.807, 2.05) is 0 Å². The molecule has 0 aliphatic carbocycles. The van der Waals surface area contributed by atoms with Crippen LogP contribution in [-0.4, -0.2) is 15.3 Å². The second-order valence-corrected chi connectivity index (χ2v) is 3.92. The molecule has 5 nitrogen and oxygen atoms in total. The smallest absolute Gasteiger partial charge is 0.201 e. The van der Waals surface area contributed by atoms with Crippen molar-refractivity contribution >= 4 is 21.9 Å². The topological polar surface area (TPSA) is 90.9 Å². The maximum absolute atomic E-state index is 12.1. The number of aromatic hydroxyl groups is 3. The minimum absolute atomic E-state index is 0.0443. The molecule has 0 amide bonds. The summed E-state index contributed by atoms with van der Waals surface area (Å²) in [5, 5.41) is 28.7. The van der Waals surface area contributed by atoms with E-state index < -0.39 is 5.75 Å². The highest BCUT2D eigenvalue weighted by Crippen LogP contribution is 2.34. The van der Waals surface area contributed by atoms with Gasteiger partial charge in [-0.2, -0.15) is 0 Å².